The van der Waals surface area contributed by atoms with Gasteiger partial charge in [-0.1, -0.05) is 11.8 Å². The van der Waals surface area contributed by atoms with Gasteiger partial charge in [0.05, 0.1) is 27.1 Å². The van der Waals surface area contributed by atoms with Gasteiger partial charge in [0.2, 0.25) is 11.7 Å². The van der Waals surface area contributed by atoms with E-state index in [-0.39, 0.29) is 5.91 Å². The van der Waals surface area contributed by atoms with Crippen LogP contribution in [0.1, 0.15) is 49.0 Å². The van der Waals surface area contributed by atoms with Crippen LogP contribution >= 0.6 is 11.8 Å². The van der Waals surface area contributed by atoms with Crippen molar-refractivity contribution in [2.24, 2.45) is 0 Å². The highest BCUT2D eigenvalue weighted by Crippen LogP contribution is 2.46. The molecule has 1 aromatic heterocycles. The highest BCUT2D eigenvalue weighted by atomic mass is 32.2. The largest absolute Gasteiger partial charge is 0.493 e. The molecule has 2 saturated carbocycles. The van der Waals surface area contributed by atoms with E-state index in [1.54, 1.807) is 21.3 Å². The molecule has 156 valence electrons. The van der Waals surface area contributed by atoms with Crippen LogP contribution in [0.2, 0.25) is 0 Å². The van der Waals surface area contributed by atoms with Crippen molar-refractivity contribution >= 4 is 17.7 Å². The summed E-state index contributed by atoms with van der Waals surface area (Å²) in [6, 6.07) is 4.19. The molecule has 0 saturated heterocycles. The minimum atomic E-state index is -0.0536. The summed E-state index contributed by atoms with van der Waals surface area (Å²) in [5.74, 6) is 3.58. The molecule has 9 heteroatoms. The summed E-state index contributed by atoms with van der Waals surface area (Å²) in [6.07, 6.45) is 4.76. The smallest absolute Gasteiger partial charge is 0.230 e. The topological polar surface area (TPSA) is 87.5 Å². The summed E-state index contributed by atoms with van der Waals surface area (Å²) in [5, 5.41) is 12.5. The number of aromatic nitrogens is 3. The lowest BCUT2D eigenvalue weighted by Gasteiger charge is -2.14. The van der Waals surface area contributed by atoms with Crippen molar-refractivity contribution in [2.45, 2.75) is 49.3 Å². The SMILES string of the molecule is COc1cc(CNC(=O)CSc2nnc(C3CC3)n2C2CC2)cc(OC)c1OC. The van der Waals surface area contributed by atoms with E-state index in [9.17, 15) is 4.79 Å². The second-order valence-electron chi connectivity index (χ2n) is 7.32. The Bertz CT molecular complexity index is 868. The van der Waals surface area contributed by atoms with Gasteiger partial charge in [0.15, 0.2) is 16.7 Å². The molecule has 2 fully saturated rings. The lowest BCUT2D eigenvalue weighted by molar-refractivity contribution is -0.118. The van der Waals surface area contributed by atoms with Gasteiger partial charge in [0.1, 0.15) is 5.82 Å². The van der Waals surface area contributed by atoms with Crippen LogP contribution in [0.15, 0.2) is 17.3 Å². The van der Waals surface area contributed by atoms with Gasteiger partial charge >= 0.3 is 0 Å². The van der Waals surface area contributed by atoms with Crippen LogP contribution in [0.5, 0.6) is 17.2 Å². The van der Waals surface area contributed by atoms with Crippen molar-refractivity contribution in [1.29, 1.82) is 0 Å². The summed E-state index contributed by atoms with van der Waals surface area (Å²) in [7, 11) is 4.71. The first kappa shape index (κ1) is 19.9. The monoisotopic (exact) mass is 418 g/mol. The molecular formula is C20H26N4O4S. The summed E-state index contributed by atoms with van der Waals surface area (Å²) in [5.41, 5.74) is 0.870. The number of thioether (sulfide) groups is 1. The van der Waals surface area contributed by atoms with Crippen molar-refractivity contribution < 1.29 is 19.0 Å². The maximum absolute atomic E-state index is 12.4. The maximum atomic E-state index is 12.4. The van der Waals surface area contributed by atoms with Crippen LogP contribution in [0, 0.1) is 0 Å². The molecule has 1 heterocycles. The number of hydrogen-bond donors (Lipinski definition) is 1. The third-order valence-electron chi connectivity index (χ3n) is 5.09. The molecule has 2 aliphatic rings. The van der Waals surface area contributed by atoms with E-state index >= 15 is 0 Å². The summed E-state index contributed by atoms with van der Waals surface area (Å²) in [4.78, 5) is 12.4. The Kier molecular flexibility index (Phi) is 5.84. The van der Waals surface area contributed by atoms with Crippen molar-refractivity contribution in [3.05, 3.63) is 23.5 Å². The predicted molar refractivity (Wildman–Crippen MR) is 109 cm³/mol. The zero-order valence-corrected chi connectivity index (χ0v) is 17.8. The van der Waals surface area contributed by atoms with Crippen molar-refractivity contribution in [3.63, 3.8) is 0 Å². The van der Waals surface area contributed by atoms with Gasteiger partial charge in [0, 0.05) is 18.5 Å². The predicted octanol–water partition coefficient (Wildman–Crippen LogP) is 2.92. The first-order valence-electron chi connectivity index (χ1n) is 9.77. The lowest BCUT2D eigenvalue weighted by atomic mass is 10.2. The first-order valence-corrected chi connectivity index (χ1v) is 10.8. The molecule has 0 atom stereocenters. The lowest BCUT2D eigenvalue weighted by Crippen LogP contribution is -2.24. The number of nitrogens with one attached hydrogen (secondary N) is 1. The standard InChI is InChI=1S/C20H26N4O4S/c1-26-15-8-12(9-16(27-2)18(15)28-3)10-21-17(25)11-29-20-23-22-19(13-4-5-13)24(20)14-6-7-14/h8-9,13-14H,4-7,10-11H2,1-3H3,(H,21,25). The zero-order valence-electron chi connectivity index (χ0n) is 16.9. The fraction of sp³-hybridized carbons (Fsp3) is 0.550. The molecular weight excluding hydrogens is 392 g/mol. The normalized spacial score (nSPS) is 15.8. The van der Waals surface area contributed by atoms with Crippen LogP contribution in [0.4, 0.5) is 0 Å². The summed E-state index contributed by atoms with van der Waals surface area (Å²) >= 11 is 1.45. The van der Waals surface area contributed by atoms with Crippen LogP contribution in [0.25, 0.3) is 0 Å². The molecule has 1 amide bonds. The molecule has 0 bridgehead atoms. The summed E-state index contributed by atoms with van der Waals surface area (Å²) in [6.45, 7) is 0.374. The Labute approximate surface area is 174 Å². The second-order valence-corrected chi connectivity index (χ2v) is 8.26. The Morgan fingerprint density at radius 1 is 1.10 bits per heavy atom. The molecule has 2 aliphatic carbocycles. The molecule has 29 heavy (non-hydrogen) atoms. The fourth-order valence-corrected chi connectivity index (χ4v) is 4.14. The van der Waals surface area contributed by atoms with E-state index in [1.807, 2.05) is 12.1 Å². The molecule has 2 aromatic rings. The highest BCUT2D eigenvalue weighted by molar-refractivity contribution is 7.99. The van der Waals surface area contributed by atoms with E-state index in [0.29, 0.717) is 41.5 Å². The van der Waals surface area contributed by atoms with Crippen molar-refractivity contribution in [1.82, 2.24) is 20.1 Å². The van der Waals surface area contributed by atoms with E-state index in [0.717, 1.165) is 16.5 Å². The van der Waals surface area contributed by atoms with E-state index in [4.69, 9.17) is 14.2 Å². The van der Waals surface area contributed by atoms with E-state index < -0.39 is 0 Å². The van der Waals surface area contributed by atoms with Crippen LogP contribution < -0.4 is 19.5 Å². The molecule has 4 rings (SSSR count). The number of benzene rings is 1. The number of methoxy groups -OCH3 is 3. The maximum Gasteiger partial charge on any atom is 0.230 e. The molecule has 0 unspecified atom stereocenters. The van der Waals surface area contributed by atoms with Crippen LogP contribution in [-0.2, 0) is 11.3 Å². The Morgan fingerprint density at radius 3 is 2.34 bits per heavy atom. The van der Waals surface area contributed by atoms with Gasteiger partial charge < -0.3 is 24.1 Å². The van der Waals surface area contributed by atoms with Crippen LogP contribution in [0.3, 0.4) is 0 Å². The summed E-state index contributed by atoms with van der Waals surface area (Å²) < 4.78 is 18.3. The number of ether oxygens (including phenoxy) is 3. The number of hydrogen-bond acceptors (Lipinski definition) is 7. The molecule has 0 aliphatic heterocycles. The van der Waals surface area contributed by atoms with E-state index in [1.165, 1.54) is 37.4 Å². The first-order chi connectivity index (χ1) is 14.1. The molecule has 0 spiro atoms. The highest BCUT2D eigenvalue weighted by Gasteiger charge is 2.36. The van der Waals surface area contributed by atoms with E-state index in [2.05, 4.69) is 20.1 Å². The van der Waals surface area contributed by atoms with Gasteiger partial charge in [-0.25, -0.2) is 0 Å². The Balaban J connectivity index is 1.35. The van der Waals surface area contributed by atoms with Crippen molar-refractivity contribution in [3.8, 4) is 17.2 Å². The quantitative estimate of drug-likeness (QED) is 0.594. The Morgan fingerprint density at radius 2 is 1.79 bits per heavy atom. The molecule has 8 nitrogen and oxygen atoms in total. The third-order valence-corrected chi connectivity index (χ3v) is 6.04. The number of carbonyl (C=O) groups is 1. The molecule has 1 N–H and O–H groups in total. The third kappa shape index (κ3) is 4.44. The van der Waals surface area contributed by atoms with Gasteiger partial charge in [-0.05, 0) is 43.4 Å². The zero-order chi connectivity index (χ0) is 20.4. The van der Waals surface area contributed by atoms with Crippen molar-refractivity contribution in [2.75, 3.05) is 27.1 Å². The second kappa shape index (κ2) is 8.52. The average Bonchev–Trinajstić information content (AvgIpc) is 3.68. The van der Waals surface area contributed by atoms with Gasteiger partial charge in [0.25, 0.3) is 0 Å². The minimum absolute atomic E-state index is 0.0536. The van der Waals surface area contributed by atoms with Gasteiger partial charge in [-0.15, -0.1) is 10.2 Å². The fourth-order valence-electron chi connectivity index (χ4n) is 3.30. The molecule has 1 aromatic carbocycles. The number of rotatable bonds is 10. The van der Waals surface area contributed by atoms with Gasteiger partial charge in [-0.3, -0.25) is 4.79 Å². The average molecular weight is 419 g/mol. The number of nitrogens with zero attached hydrogens (tertiary/aromatic N) is 3. The Hall–Kier alpha value is -2.42. The number of carbonyl (C=O) groups excluding carboxylic acids is 1. The number of amides is 1. The van der Waals surface area contributed by atoms with Gasteiger partial charge in [-0.2, -0.15) is 0 Å². The van der Waals surface area contributed by atoms with Crippen LogP contribution in [-0.4, -0.2) is 47.8 Å². The minimum Gasteiger partial charge on any atom is -0.493 e. The molecule has 0 radical (unpaired) electrons.